The molecule has 1 aromatic rings. The first-order chi connectivity index (χ1) is 9.26. The predicted octanol–water partition coefficient (Wildman–Crippen LogP) is 1.94. The van der Waals surface area contributed by atoms with Gasteiger partial charge in [-0.3, -0.25) is 0 Å². The monoisotopic (exact) mass is 264 g/mol. The molecule has 106 valence electrons. The van der Waals surface area contributed by atoms with Crippen molar-refractivity contribution in [2.24, 2.45) is 5.92 Å². The molecule has 0 saturated carbocycles. The second-order valence-corrected chi connectivity index (χ2v) is 5.06. The molecule has 2 heterocycles. The van der Waals surface area contributed by atoms with E-state index >= 15 is 0 Å². The van der Waals surface area contributed by atoms with Gasteiger partial charge in [0.25, 0.3) is 0 Å². The number of nitrogens with one attached hydrogen (secondary N) is 1. The molecule has 1 aromatic heterocycles. The Morgan fingerprint density at radius 2 is 2.11 bits per heavy atom. The molecule has 0 radical (unpaired) electrons. The standard InChI is InChI=1S/C14H24N4O/c1-4-12-13(15-2)16-10-17-14(12)18(3)9-11-5-7-19-8-6-11/h10-11H,4-9H2,1-3H3,(H,15,16,17). The summed E-state index contributed by atoms with van der Waals surface area (Å²) in [7, 11) is 4.03. The highest BCUT2D eigenvalue weighted by Gasteiger charge is 2.19. The van der Waals surface area contributed by atoms with E-state index in [2.05, 4.69) is 34.2 Å². The predicted molar refractivity (Wildman–Crippen MR) is 77.8 cm³/mol. The Morgan fingerprint density at radius 3 is 2.74 bits per heavy atom. The van der Waals surface area contributed by atoms with Crippen LogP contribution in [-0.2, 0) is 11.2 Å². The molecule has 0 unspecified atom stereocenters. The summed E-state index contributed by atoms with van der Waals surface area (Å²) < 4.78 is 5.41. The minimum Gasteiger partial charge on any atom is -0.381 e. The Morgan fingerprint density at radius 1 is 1.37 bits per heavy atom. The molecule has 1 saturated heterocycles. The Hall–Kier alpha value is -1.36. The van der Waals surface area contributed by atoms with Crippen LogP contribution < -0.4 is 10.2 Å². The number of anilines is 2. The van der Waals surface area contributed by atoms with E-state index in [4.69, 9.17) is 4.74 Å². The second-order valence-electron chi connectivity index (χ2n) is 5.06. The molecule has 1 N–H and O–H groups in total. The number of ether oxygens (including phenoxy) is 1. The molecule has 0 bridgehead atoms. The van der Waals surface area contributed by atoms with Gasteiger partial charge in [-0.25, -0.2) is 9.97 Å². The molecule has 1 aliphatic rings. The van der Waals surface area contributed by atoms with Crippen molar-refractivity contribution in [1.29, 1.82) is 0 Å². The molecule has 1 aliphatic heterocycles. The maximum Gasteiger partial charge on any atom is 0.137 e. The summed E-state index contributed by atoms with van der Waals surface area (Å²) in [5, 5.41) is 3.15. The lowest BCUT2D eigenvalue weighted by molar-refractivity contribution is 0.0685. The molecule has 0 aliphatic carbocycles. The highest BCUT2D eigenvalue weighted by Crippen LogP contribution is 2.25. The Kier molecular flexibility index (Phi) is 4.96. The summed E-state index contributed by atoms with van der Waals surface area (Å²) in [5.74, 6) is 2.69. The van der Waals surface area contributed by atoms with Crippen LogP contribution in [0.2, 0.25) is 0 Å². The number of hydrogen-bond donors (Lipinski definition) is 1. The van der Waals surface area contributed by atoms with Gasteiger partial charge in [0, 0.05) is 39.4 Å². The van der Waals surface area contributed by atoms with Gasteiger partial charge in [-0.2, -0.15) is 0 Å². The van der Waals surface area contributed by atoms with Crippen LogP contribution in [0.15, 0.2) is 6.33 Å². The van der Waals surface area contributed by atoms with Crippen LogP contribution in [0.5, 0.6) is 0 Å². The molecule has 1 fully saturated rings. The summed E-state index contributed by atoms with van der Waals surface area (Å²) >= 11 is 0. The van der Waals surface area contributed by atoms with Crippen molar-refractivity contribution >= 4 is 11.6 Å². The van der Waals surface area contributed by atoms with E-state index in [1.165, 1.54) is 5.56 Å². The Bertz CT molecular complexity index is 404. The molecule has 0 amide bonds. The zero-order valence-corrected chi connectivity index (χ0v) is 12.1. The van der Waals surface area contributed by atoms with Crippen LogP contribution >= 0.6 is 0 Å². The first kappa shape index (κ1) is 14.1. The van der Waals surface area contributed by atoms with Gasteiger partial charge in [0.2, 0.25) is 0 Å². The zero-order valence-electron chi connectivity index (χ0n) is 12.1. The van der Waals surface area contributed by atoms with Crippen molar-refractivity contribution < 1.29 is 4.74 Å². The van der Waals surface area contributed by atoms with Crippen LogP contribution in [0.4, 0.5) is 11.6 Å². The van der Waals surface area contributed by atoms with E-state index in [1.54, 1.807) is 6.33 Å². The summed E-state index contributed by atoms with van der Waals surface area (Å²) in [6, 6.07) is 0. The van der Waals surface area contributed by atoms with E-state index in [-0.39, 0.29) is 0 Å². The van der Waals surface area contributed by atoms with Crippen LogP contribution in [0.3, 0.4) is 0 Å². The van der Waals surface area contributed by atoms with Gasteiger partial charge in [0.05, 0.1) is 0 Å². The van der Waals surface area contributed by atoms with Gasteiger partial charge < -0.3 is 15.0 Å². The van der Waals surface area contributed by atoms with Gasteiger partial charge in [-0.15, -0.1) is 0 Å². The van der Waals surface area contributed by atoms with E-state index in [1.807, 2.05) is 7.05 Å². The molecule has 5 nitrogen and oxygen atoms in total. The van der Waals surface area contributed by atoms with E-state index < -0.39 is 0 Å². The largest absolute Gasteiger partial charge is 0.381 e. The third-order valence-corrected chi connectivity index (χ3v) is 3.75. The van der Waals surface area contributed by atoms with Gasteiger partial charge in [-0.1, -0.05) is 6.92 Å². The third-order valence-electron chi connectivity index (χ3n) is 3.75. The second kappa shape index (κ2) is 6.70. The van der Waals surface area contributed by atoms with Crippen molar-refractivity contribution in [1.82, 2.24) is 9.97 Å². The fourth-order valence-electron chi connectivity index (χ4n) is 2.68. The van der Waals surface area contributed by atoms with Crippen LogP contribution in [-0.4, -0.2) is 43.8 Å². The lowest BCUT2D eigenvalue weighted by atomic mass is 9.99. The fourth-order valence-corrected chi connectivity index (χ4v) is 2.68. The SMILES string of the molecule is CCc1c(NC)ncnc1N(C)CC1CCOCC1. The van der Waals surface area contributed by atoms with E-state index in [0.29, 0.717) is 5.92 Å². The minimum atomic E-state index is 0.705. The average molecular weight is 264 g/mol. The van der Waals surface area contributed by atoms with E-state index in [0.717, 1.165) is 50.7 Å². The average Bonchev–Trinajstić information content (AvgIpc) is 2.47. The van der Waals surface area contributed by atoms with Crippen molar-refractivity contribution in [3.63, 3.8) is 0 Å². The number of aromatic nitrogens is 2. The van der Waals surface area contributed by atoms with Crippen molar-refractivity contribution in [2.45, 2.75) is 26.2 Å². The van der Waals surface area contributed by atoms with Gasteiger partial charge in [0.15, 0.2) is 0 Å². The first-order valence-corrected chi connectivity index (χ1v) is 7.06. The number of rotatable bonds is 5. The normalized spacial score (nSPS) is 16.4. The van der Waals surface area contributed by atoms with Crippen LogP contribution in [0.25, 0.3) is 0 Å². The quantitative estimate of drug-likeness (QED) is 0.881. The molecule has 0 aromatic carbocycles. The molecule has 0 spiro atoms. The number of hydrogen-bond acceptors (Lipinski definition) is 5. The lowest BCUT2D eigenvalue weighted by Crippen LogP contribution is -2.31. The van der Waals surface area contributed by atoms with Crippen molar-refractivity contribution in [3.05, 3.63) is 11.9 Å². The van der Waals surface area contributed by atoms with E-state index in [9.17, 15) is 0 Å². The highest BCUT2D eigenvalue weighted by atomic mass is 16.5. The Labute approximate surface area is 115 Å². The maximum atomic E-state index is 5.41. The van der Waals surface area contributed by atoms with Crippen LogP contribution in [0, 0.1) is 5.92 Å². The smallest absolute Gasteiger partial charge is 0.137 e. The molecule has 0 atom stereocenters. The molecule has 2 rings (SSSR count). The molecule has 5 heteroatoms. The minimum absolute atomic E-state index is 0.705. The third kappa shape index (κ3) is 3.35. The lowest BCUT2D eigenvalue weighted by Gasteiger charge is -2.29. The molecule has 19 heavy (non-hydrogen) atoms. The van der Waals surface area contributed by atoms with Gasteiger partial charge in [-0.05, 0) is 25.2 Å². The zero-order chi connectivity index (χ0) is 13.7. The Balaban J connectivity index is 2.11. The first-order valence-electron chi connectivity index (χ1n) is 7.06. The summed E-state index contributed by atoms with van der Waals surface area (Å²) in [5.41, 5.74) is 1.19. The summed E-state index contributed by atoms with van der Waals surface area (Å²) in [4.78, 5) is 11.0. The topological polar surface area (TPSA) is 50.3 Å². The highest BCUT2D eigenvalue weighted by molar-refractivity contribution is 5.58. The fraction of sp³-hybridized carbons (Fsp3) is 0.714. The summed E-state index contributed by atoms with van der Waals surface area (Å²) in [6.07, 6.45) is 4.87. The molecular weight excluding hydrogens is 240 g/mol. The van der Waals surface area contributed by atoms with Crippen molar-refractivity contribution in [3.8, 4) is 0 Å². The molecular formula is C14H24N4O. The van der Waals surface area contributed by atoms with Gasteiger partial charge >= 0.3 is 0 Å². The van der Waals surface area contributed by atoms with Crippen molar-refractivity contribution in [2.75, 3.05) is 44.1 Å². The number of nitrogens with zero attached hydrogens (tertiary/aromatic N) is 3. The summed E-state index contributed by atoms with van der Waals surface area (Å²) in [6.45, 7) is 4.97. The van der Waals surface area contributed by atoms with Crippen LogP contribution in [0.1, 0.15) is 25.3 Å². The van der Waals surface area contributed by atoms with Gasteiger partial charge in [0.1, 0.15) is 18.0 Å². The maximum absolute atomic E-state index is 5.41.